The molecule has 7 nitrogen and oxygen atoms in total. The maximum Gasteiger partial charge on any atom is 0.364 e. The van der Waals surface area contributed by atoms with Crippen LogP contribution in [-0.4, -0.2) is 41.9 Å². The number of para-hydroxylation sites is 1. The molecule has 1 aliphatic rings. The monoisotopic (exact) mass is 361 g/mol. The first-order valence-corrected chi connectivity index (χ1v) is 8.24. The zero-order chi connectivity index (χ0) is 19.1. The van der Waals surface area contributed by atoms with Gasteiger partial charge in [-0.05, 0) is 24.3 Å². The highest BCUT2D eigenvalue weighted by Crippen LogP contribution is 2.26. The van der Waals surface area contributed by atoms with Crippen molar-refractivity contribution in [3.05, 3.63) is 71.3 Å². The fraction of sp³-hybridized carbons (Fsp3) is 0.100. The van der Waals surface area contributed by atoms with Gasteiger partial charge in [0, 0.05) is 19.5 Å². The number of hydrogen-bond donors (Lipinski definition) is 0. The molecule has 4 rings (SSSR count). The zero-order valence-electron chi connectivity index (χ0n) is 14.7. The first kappa shape index (κ1) is 16.7. The summed E-state index contributed by atoms with van der Waals surface area (Å²) < 4.78 is 0. The number of carbonyl (C=O) groups excluding carboxylic acids is 3. The number of anilines is 1. The van der Waals surface area contributed by atoms with E-state index in [1.165, 1.54) is 12.1 Å². The van der Waals surface area contributed by atoms with Gasteiger partial charge in [-0.2, -0.15) is 0 Å². The molecule has 7 heteroatoms. The summed E-state index contributed by atoms with van der Waals surface area (Å²) in [5, 5.41) is 1.09. The summed E-state index contributed by atoms with van der Waals surface area (Å²) in [4.78, 5) is 49.1. The molecule has 0 N–H and O–H groups in total. The van der Waals surface area contributed by atoms with Gasteiger partial charge in [-0.3, -0.25) is 9.59 Å². The molecule has 0 unspecified atom stereocenters. The Bertz CT molecular complexity index is 1070. The van der Waals surface area contributed by atoms with Crippen LogP contribution in [0.1, 0.15) is 31.1 Å². The lowest BCUT2D eigenvalue weighted by molar-refractivity contribution is -0.0583. The molecular formula is C20H15N3O4. The molecule has 0 saturated carbocycles. The Morgan fingerprint density at radius 1 is 0.963 bits per heavy atom. The van der Waals surface area contributed by atoms with Crippen LogP contribution in [0.4, 0.5) is 5.82 Å². The summed E-state index contributed by atoms with van der Waals surface area (Å²) in [5.74, 6) is -1.56. The molecule has 0 radical (unpaired) electrons. The molecule has 2 heterocycles. The average Bonchev–Trinajstić information content (AvgIpc) is 2.92. The number of imide groups is 1. The van der Waals surface area contributed by atoms with E-state index < -0.39 is 17.8 Å². The number of carbonyl (C=O) groups is 3. The summed E-state index contributed by atoms with van der Waals surface area (Å²) in [6.07, 6.45) is 0. The van der Waals surface area contributed by atoms with Crippen LogP contribution in [0.2, 0.25) is 0 Å². The van der Waals surface area contributed by atoms with Gasteiger partial charge in [-0.15, -0.1) is 0 Å². The third-order valence-corrected chi connectivity index (χ3v) is 4.31. The molecule has 2 amide bonds. The molecule has 134 valence electrons. The molecule has 3 aromatic rings. The number of aromatic nitrogens is 1. The summed E-state index contributed by atoms with van der Waals surface area (Å²) >= 11 is 0. The maximum absolute atomic E-state index is 12.8. The third-order valence-electron chi connectivity index (χ3n) is 4.31. The number of rotatable bonds is 3. The van der Waals surface area contributed by atoms with E-state index in [9.17, 15) is 14.4 Å². The Balaban J connectivity index is 1.72. The van der Waals surface area contributed by atoms with E-state index in [1.54, 1.807) is 55.4 Å². The first-order valence-electron chi connectivity index (χ1n) is 8.24. The van der Waals surface area contributed by atoms with Gasteiger partial charge in [0.05, 0.1) is 22.2 Å². The number of benzene rings is 2. The van der Waals surface area contributed by atoms with Crippen LogP contribution in [0, 0.1) is 0 Å². The molecule has 0 aliphatic carbocycles. The van der Waals surface area contributed by atoms with E-state index in [4.69, 9.17) is 4.84 Å². The summed E-state index contributed by atoms with van der Waals surface area (Å²) in [7, 11) is 3.60. The van der Waals surface area contributed by atoms with Crippen molar-refractivity contribution in [3.8, 4) is 0 Å². The summed E-state index contributed by atoms with van der Waals surface area (Å²) in [6.45, 7) is 0. The van der Waals surface area contributed by atoms with Crippen molar-refractivity contribution in [1.29, 1.82) is 0 Å². The Morgan fingerprint density at radius 3 is 2.19 bits per heavy atom. The minimum atomic E-state index is -0.800. The van der Waals surface area contributed by atoms with Crippen molar-refractivity contribution in [2.75, 3.05) is 19.0 Å². The Labute approximate surface area is 154 Å². The van der Waals surface area contributed by atoms with Crippen LogP contribution in [0.15, 0.2) is 54.6 Å². The second-order valence-electron chi connectivity index (χ2n) is 6.27. The predicted octanol–water partition coefficient (Wildman–Crippen LogP) is 2.67. The van der Waals surface area contributed by atoms with Gasteiger partial charge in [-0.25, -0.2) is 9.78 Å². The highest BCUT2D eigenvalue weighted by atomic mass is 16.7. The van der Waals surface area contributed by atoms with Crippen LogP contribution in [0.5, 0.6) is 0 Å². The summed E-state index contributed by atoms with van der Waals surface area (Å²) in [5.41, 5.74) is 1.26. The van der Waals surface area contributed by atoms with E-state index in [-0.39, 0.29) is 16.7 Å². The van der Waals surface area contributed by atoms with Gasteiger partial charge in [0.1, 0.15) is 5.82 Å². The largest absolute Gasteiger partial charge is 0.364 e. The molecule has 0 saturated heterocycles. The summed E-state index contributed by atoms with van der Waals surface area (Å²) in [6, 6.07) is 15.0. The number of fused-ring (bicyclic) bond motifs is 2. The molecule has 1 aromatic heterocycles. The quantitative estimate of drug-likeness (QED) is 0.667. The molecule has 0 fully saturated rings. The highest BCUT2D eigenvalue weighted by molar-refractivity contribution is 6.21. The average molecular weight is 361 g/mol. The SMILES string of the molecule is CN(C)c1cc(C(=O)ON2C(=O)c3ccccc3C2=O)c2ccccc2n1. The fourth-order valence-electron chi connectivity index (χ4n) is 2.94. The molecule has 2 aromatic carbocycles. The molecule has 0 bridgehead atoms. The van der Waals surface area contributed by atoms with Crippen molar-refractivity contribution >= 4 is 34.5 Å². The fourth-order valence-corrected chi connectivity index (χ4v) is 2.94. The van der Waals surface area contributed by atoms with Gasteiger partial charge < -0.3 is 9.74 Å². The lowest BCUT2D eigenvalue weighted by Gasteiger charge is -2.16. The minimum Gasteiger partial charge on any atom is -0.363 e. The van der Waals surface area contributed by atoms with Crippen molar-refractivity contribution in [3.63, 3.8) is 0 Å². The number of nitrogens with zero attached hydrogens (tertiary/aromatic N) is 3. The van der Waals surface area contributed by atoms with Crippen LogP contribution >= 0.6 is 0 Å². The van der Waals surface area contributed by atoms with Crippen LogP contribution in [0.3, 0.4) is 0 Å². The number of pyridine rings is 1. The van der Waals surface area contributed by atoms with Crippen LogP contribution < -0.4 is 4.90 Å². The normalized spacial score (nSPS) is 13.0. The van der Waals surface area contributed by atoms with Gasteiger partial charge in [0.15, 0.2) is 0 Å². The van der Waals surface area contributed by atoms with E-state index in [0.29, 0.717) is 21.8 Å². The topological polar surface area (TPSA) is 79.8 Å². The second-order valence-corrected chi connectivity index (χ2v) is 6.27. The Morgan fingerprint density at radius 2 is 1.56 bits per heavy atom. The second kappa shape index (κ2) is 6.21. The Kier molecular flexibility index (Phi) is 3.84. The smallest absolute Gasteiger partial charge is 0.363 e. The predicted molar refractivity (Wildman–Crippen MR) is 98.4 cm³/mol. The lowest BCUT2D eigenvalue weighted by atomic mass is 10.1. The lowest BCUT2D eigenvalue weighted by Crippen LogP contribution is -2.32. The van der Waals surface area contributed by atoms with Gasteiger partial charge in [0.2, 0.25) is 0 Å². The zero-order valence-corrected chi connectivity index (χ0v) is 14.7. The van der Waals surface area contributed by atoms with Gasteiger partial charge in [-0.1, -0.05) is 35.4 Å². The van der Waals surface area contributed by atoms with Crippen LogP contribution in [-0.2, 0) is 4.84 Å². The third kappa shape index (κ3) is 2.69. The minimum absolute atomic E-state index is 0.212. The molecular weight excluding hydrogens is 346 g/mol. The molecule has 1 aliphatic heterocycles. The Hall–Kier alpha value is -3.74. The highest BCUT2D eigenvalue weighted by Gasteiger charge is 2.39. The molecule has 0 atom stereocenters. The molecule has 0 spiro atoms. The number of hydroxylamine groups is 2. The van der Waals surface area contributed by atoms with E-state index in [0.717, 1.165) is 0 Å². The number of hydrogen-bond acceptors (Lipinski definition) is 6. The van der Waals surface area contributed by atoms with Gasteiger partial charge >= 0.3 is 5.97 Å². The standard InChI is InChI=1S/C20H15N3O4/c1-22(2)17-11-15(12-7-5-6-10-16(12)21-17)20(26)27-23-18(24)13-8-3-4-9-14(13)19(23)25/h3-11H,1-2H3. The number of amides is 2. The first-order chi connectivity index (χ1) is 13.0. The van der Waals surface area contributed by atoms with Crippen LogP contribution in [0.25, 0.3) is 10.9 Å². The molecule has 27 heavy (non-hydrogen) atoms. The van der Waals surface area contributed by atoms with Crippen molar-refractivity contribution < 1.29 is 19.2 Å². The van der Waals surface area contributed by atoms with Crippen molar-refractivity contribution in [2.24, 2.45) is 0 Å². The van der Waals surface area contributed by atoms with E-state index >= 15 is 0 Å². The van der Waals surface area contributed by atoms with E-state index in [1.807, 2.05) is 6.07 Å². The van der Waals surface area contributed by atoms with Crippen molar-refractivity contribution in [1.82, 2.24) is 10.0 Å². The van der Waals surface area contributed by atoms with Gasteiger partial charge in [0.25, 0.3) is 11.8 Å². The van der Waals surface area contributed by atoms with E-state index in [2.05, 4.69) is 4.98 Å². The maximum atomic E-state index is 12.8. The van der Waals surface area contributed by atoms with Crippen molar-refractivity contribution in [2.45, 2.75) is 0 Å².